The van der Waals surface area contributed by atoms with Crippen LogP contribution in [0.3, 0.4) is 0 Å². The van der Waals surface area contributed by atoms with E-state index < -0.39 is 0 Å². The minimum atomic E-state index is -0.321. The van der Waals surface area contributed by atoms with Crippen molar-refractivity contribution in [2.45, 2.75) is 13.0 Å². The summed E-state index contributed by atoms with van der Waals surface area (Å²) in [4.78, 5) is 30.1. The molecular weight excluding hydrogens is 328 g/mol. The number of nitrogens with zero attached hydrogens (tertiary/aromatic N) is 2. The molecule has 0 aliphatic carbocycles. The van der Waals surface area contributed by atoms with Crippen LogP contribution >= 0.6 is 0 Å². The molecule has 132 valence electrons. The molecule has 6 nitrogen and oxygen atoms in total. The summed E-state index contributed by atoms with van der Waals surface area (Å²) in [5.41, 5.74) is 8.50. The van der Waals surface area contributed by atoms with Crippen LogP contribution in [0.4, 0.5) is 5.69 Å². The molecular formula is C20H20N4O2. The molecule has 6 heteroatoms. The van der Waals surface area contributed by atoms with Gasteiger partial charge in [-0.15, -0.1) is 0 Å². The van der Waals surface area contributed by atoms with Gasteiger partial charge in [-0.1, -0.05) is 42.5 Å². The predicted molar refractivity (Wildman–Crippen MR) is 102 cm³/mol. The number of aliphatic imine (C=N–C) groups is 1. The van der Waals surface area contributed by atoms with E-state index in [0.29, 0.717) is 16.9 Å². The van der Waals surface area contributed by atoms with Gasteiger partial charge >= 0.3 is 0 Å². The Morgan fingerprint density at radius 2 is 1.73 bits per heavy atom. The Labute approximate surface area is 152 Å². The zero-order chi connectivity index (χ0) is 18.7. The van der Waals surface area contributed by atoms with Gasteiger partial charge < -0.3 is 16.0 Å². The Balaban J connectivity index is 1.84. The van der Waals surface area contributed by atoms with E-state index in [-0.39, 0.29) is 23.6 Å². The summed E-state index contributed by atoms with van der Waals surface area (Å²) in [6, 6.07) is 16.2. The second-order valence-electron chi connectivity index (χ2n) is 6.07. The summed E-state index contributed by atoms with van der Waals surface area (Å²) in [5.74, 6) is -0.148. The quantitative estimate of drug-likeness (QED) is 0.832. The fourth-order valence-corrected chi connectivity index (χ4v) is 2.84. The van der Waals surface area contributed by atoms with E-state index in [0.717, 1.165) is 5.56 Å². The van der Waals surface area contributed by atoms with Gasteiger partial charge in [0.25, 0.3) is 5.91 Å². The van der Waals surface area contributed by atoms with Crippen molar-refractivity contribution >= 4 is 23.6 Å². The van der Waals surface area contributed by atoms with Crippen molar-refractivity contribution in [3.05, 3.63) is 77.2 Å². The van der Waals surface area contributed by atoms with Gasteiger partial charge in [0.2, 0.25) is 0 Å². The number of rotatable bonds is 4. The van der Waals surface area contributed by atoms with Crippen molar-refractivity contribution < 1.29 is 9.59 Å². The maximum Gasteiger partial charge on any atom is 0.275 e. The molecule has 3 rings (SSSR count). The Bertz CT molecular complexity index is 886. The second-order valence-corrected chi connectivity index (χ2v) is 6.07. The molecule has 1 atom stereocenters. The van der Waals surface area contributed by atoms with E-state index >= 15 is 0 Å². The van der Waals surface area contributed by atoms with Crippen molar-refractivity contribution in [1.82, 2.24) is 4.90 Å². The van der Waals surface area contributed by atoms with Crippen LogP contribution in [-0.4, -0.2) is 29.9 Å². The number of hydrogen-bond donors (Lipinski definition) is 2. The smallest absolute Gasteiger partial charge is 0.275 e. The molecule has 1 unspecified atom stereocenters. The van der Waals surface area contributed by atoms with Crippen LogP contribution in [0.25, 0.3) is 0 Å². The first-order chi connectivity index (χ1) is 12.5. The molecule has 0 spiro atoms. The zero-order valence-corrected chi connectivity index (χ0v) is 14.6. The third kappa shape index (κ3) is 3.49. The molecule has 2 aromatic rings. The van der Waals surface area contributed by atoms with Crippen molar-refractivity contribution in [3.8, 4) is 0 Å². The average molecular weight is 348 g/mol. The highest BCUT2D eigenvalue weighted by molar-refractivity contribution is 6.04. The number of anilines is 1. The van der Waals surface area contributed by atoms with Gasteiger partial charge in [0.1, 0.15) is 5.70 Å². The third-order valence-electron chi connectivity index (χ3n) is 4.27. The molecule has 0 saturated heterocycles. The number of ketones is 1. The SMILES string of the molecule is CC(=O)c1ccc(C2C=NC(N)=C(C(=O)Nc3ccccc3)N2C)cc1. The molecule has 3 N–H and O–H groups in total. The molecule has 1 aliphatic heterocycles. The molecule has 0 aromatic heterocycles. The number of hydrogen-bond acceptors (Lipinski definition) is 5. The van der Waals surface area contributed by atoms with Crippen molar-refractivity contribution in [2.75, 3.05) is 12.4 Å². The van der Waals surface area contributed by atoms with E-state index in [1.54, 1.807) is 42.4 Å². The highest BCUT2D eigenvalue weighted by atomic mass is 16.2. The van der Waals surface area contributed by atoms with Crippen LogP contribution in [-0.2, 0) is 4.79 Å². The van der Waals surface area contributed by atoms with Crippen LogP contribution in [0.15, 0.2) is 71.1 Å². The van der Waals surface area contributed by atoms with Gasteiger partial charge in [-0.3, -0.25) is 9.59 Å². The fourth-order valence-electron chi connectivity index (χ4n) is 2.84. The summed E-state index contributed by atoms with van der Waals surface area (Å²) < 4.78 is 0. The number of para-hydroxylation sites is 1. The molecule has 0 radical (unpaired) electrons. The molecule has 26 heavy (non-hydrogen) atoms. The van der Waals surface area contributed by atoms with Crippen LogP contribution in [0, 0.1) is 0 Å². The molecule has 0 saturated carbocycles. The van der Waals surface area contributed by atoms with Crippen LogP contribution in [0.1, 0.15) is 28.9 Å². The van der Waals surface area contributed by atoms with Gasteiger partial charge in [-0.05, 0) is 24.6 Å². The summed E-state index contributed by atoms with van der Waals surface area (Å²) in [7, 11) is 1.79. The van der Waals surface area contributed by atoms with E-state index in [2.05, 4.69) is 10.3 Å². The number of amides is 1. The highest BCUT2D eigenvalue weighted by Gasteiger charge is 2.28. The third-order valence-corrected chi connectivity index (χ3v) is 4.27. The molecule has 1 aliphatic rings. The largest absolute Gasteiger partial charge is 0.382 e. The van der Waals surface area contributed by atoms with Crippen LogP contribution in [0.2, 0.25) is 0 Å². The average Bonchev–Trinajstić information content (AvgIpc) is 2.63. The van der Waals surface area contributed by atoms with Gasteiger partial charge in [0.05, 0.1) is 6.04 Å². The monoisotopic (exact) mass is 348 g/mol. The number of carbonyl (C=O) groups excluding carboxylic acids is 2. The highest BCUT2D eigenvalue weighted by Crippen LogP contribution is 2.27. The number of Topliss-reactive ketones (excluding diaryl/α,β-unsaturated/α-hetero) is 1. The summed E-state index contributed by atoms with van der Waals surface area (Å²) in [6.45, 7) is 1.53. The number of nitrogens with one attached hydrogen (secondary N) is 1. The zero-order valence-electron chi connectivity index (χ0n) is 14.6. The summed E-state index contributed by atoms with van der Waals surface area (Å²) in [5, 5.41) is 2.83. The van der Waals surface area contributed by atoms with Gasteiger partial charge in [0, 0.05) is 24.5 Å². The lowest BCUT2D eigenvalue weighted by molar-refractivity contribution is -0.114. The lowest BCUT2D eigenvalue weighted by Gasteiger charge is -2.32. The Morgan fingerprint density at radius 1 is 1.08 bits per heavy atom. The van der Waals surface area contributed by atoms with E-state index in [4.69, 9.17) is 5.73 Å². The molecule has 2 aromatic carbocycles. The molecule has 0 bridgehead atoms. The molecule has 1 heterocycles. The minimum Gasteiger partial charge on any atom is -0.382 e. The Hall–Kier alpha value is -3.41. The number of likely N-dealkylation sites (N-methyl/N-ethyl adjacent to an activating group) is 1. The summed E-state index contributed by atoms with van der Waals surface area (Å²) in [6.07, 6.45) is 1.69. The second kappa shape index (κ2) is 7.23. The maximum atomic E-state index is 12.7. The maximum absolute atomic E-state index is 12.7. The molecule has 1 amide bonds. The standard InChI is InChI=1S/C20H20N4O2/c1-13(25)14-8-10-15(11-9-14)17-12-22-19(21)18(24(17)2)20(26)23-16-6-4-3-5-7-16/h3-12,17H,21H2,1-2H3,(H,23,26). The first-order valence-electron chi connectivity index (χ1n) is 8.21. The topological polar surface area (TPSA) is 87.8 Å². The minimum absolute atomic E-state index is 0.00860. The molecule has 0 fully saturated rings. The Kier molecular flexibility index (Phi) is 4.84. The van der Waals surface area contributed by atoms with E-state index in [1.807, 2.05) is 30.3 Å². The lowest BCUT2D eigenvalue weighted by atomic mass is 10.0. The van der Waals surface area contributed by atoms with Crippen molar-refractivity contribution in [3.63, 3.8) is 0 Å². The van der Waals surface area contributed by atoms with Crippen LogP contribution < -0.4 is 11.1 Å². The Morgan fingerprint density at radius 3 is 2.35 bits per heavy atom. The summed E-state index contributed by atoms with van der Waals surface area (Å²) >= 11 is 0. The first kappa shape index (κ1) is 17.4. The van der Waals surface area contributed by atoms with Gasteiger partial charge in [-0.25, -0.2) is 4.99 Å². The van der Waals surface area contributed by atoms with E-state index in [9.17, 15) is 9.59 Å². The first-order valence-corrected chi connectivity index (χ1v) is 8.21. The van der Waals surface area contributed by atoms with Gasteiger partial charge in [-0.2, -0.15) is 0 Å². The van der Waals surface area contributed by atoms with Gasteiger partial charge in [0.15, 0.2) is 11.6 Å². The lowest BCUT2D eigenvalue weighted by Crippen LogP contribution is -2.36. The predicted octanol–water partition coefficient (Wildman–Crippen LogP) is 2.71. The number of carbonyl (C=O) groups is 2. The van der Waals surface area contributed by atoms with E-state index in [1.165, 1.54) is 6.92 Å². The van der Waals surface area contributed by atoms with Crippen molar-refractivity contribution in [1.29, 1.82) is 0 Å². The normalized spacial score (nSPS) is 16.5. The fraction of sp³-hybridized carbons (Fsp3) is 0.150. The number of nitrogens with two attached hydrogens (primary N) is 1. The number of benzene rings is 2. The van der Waals surface area contributed by atoms with Crippen LogP contribution in [0.5, 0.6) is 0 Å². The van der Waals surface area contributed by atoms with Crippen molar-refractivity contribution in [2.24, 2.45) is 10.7 Å².